The molecular formula is C25H24N6O5. The topological polar surface area (TPSA) is 141 Å². The second kappa shape index (κ2) is 11.1. The van der Waals surface area contributed by atoms with Crippen LogP contribution in [0.3, 0.4) is 0 Å². The molecule has 0 bridgehead atoms. The van der Waals surface area contributed by atoms with Crippen LogP contribution in [-0.4, -0.2) is 43.4 Å². The van der Waals surface area contributed by atoms with Crippen molar-refractivity contribution < 1.29 is 9.53 Å². The third kappa shape index (κ3) is 5.63. The monoisotopic (exact) mass is 488 g/mol. The van der Waals surface area contributed by atoms with Crippen LogP contribution in [0.1, 0.15) is 23.0 Å². The summed E-state index contributed by atoms with van der Waals surface area (Å²) in [7, 11) is 0. The van der Waals surface area contributed by atoms with E-state index in [9.17, 15) is 19.2 Å². The van der Waals surface area contributed by atoms with Crippen molar-refractivity contribution >= 4 is 5.91 Å². The fraction of sp³-hybridized carbons (Fsp3) is 0.200. The molecule has 1 aromatic carbocycles. The Bertz CT molecular complexity index is 1520. The number of H-pyrrole nitrogens is 1. The highest BCUT2D eigenvalue weighted by Gasteiger charge is 2.15. The lowest BCUT2D eigenvalue weighted by Crippen LogP contribution is -2.41. The van der Waals surface area contributed by atoms with E-state index in [4.69, 9.17) is 4.74 Å². The number of carbonyl (C=O) groups excluding carboxylic acids is 1. The van der Waals surface area contributed by atoms with E-state index in [1.807, 2.05) is 31.2 Å². The van der Waals surface area contributed by atoms with Crippen LogP contribution >= 0.6 is 0 Å². The summed E-state index contributed by atoms with van der Waals surface area (Å²) >= 11 is 0. The molecule has 0 aliphatic heterocycles. The van der Waals surface area contributed by atoms with Gasteiger partial charge in [-0.15, -0.1) is 0 Å². The maximum Gasteiger partial charge on any atom is 0.328 e. The predicted octanol–water partition coefficient (Wildman–Crippen LogP) is 1.03. The van der Waals surface area contributed by atoms with Gasteiger partial charge in [0.2, 0.25) is 0 Å². The van der Waals surface area contributed by atoms with Crippen molar-refractivity contribution in [2.75, 3.05) is 13.2 Å². The van der Waals surface area contributed by atoms with Gasteiger partial charge in [0, 0.05) is 30.6 Å². The predicted molar refractivity (Wildman–Crippen MR) is 132 cm³/mol. The van der Waals surface area contributed by atoms with Crippen molar-refractivity contribution in [1.29, 1.82) is 0 Å². The lowest BCUT2D eigenvalue weighted by Gasteiger charge is -2.10. The van der Waals surface area contributed by atoms with Crippen LogP contribution in [0.5, 0.6) is 5.75 Å². The normalized spacial score (nSPS) is 10.7. The number of rotatable bonds is 9. The number of nitrogens with one attached hydrogen (secondary N) is 2. The highest BCUT2D eigenvalue weighted by atomic mass is 16.5. The molecule has 184 valence electrons. The number of benzene rings is 1. The molecule has 2 N–H and O–H groups in total. The summed E-state index contributed by atoms with van der Waals surface area (Å²) < 4.78 is 7.58. The Morgan fingerprint density at radius 2 is 1.86 bits per heavy atom. The van der Waals surface area contributed by atoms with E-state index in [-0.39, 0.29) is 30.8 Å². The zero-order valence-electron chi connectivity index (χ0n) is 19.5. The van der Waals surface area contributed by atoms with E-state index < -0.39 is 17.2 Å². The largest absolute Gasteiger partial charge is 0.494 e. The Hall–Kier alpha value is -4.80. The van der Waals surface area contributed by atoms with Crippen molar-refractivity contribution in [3.63, 3.8) is 0 Å². The van der Waals surface area contributed by atoms with E-state index in [1.54, 1.807) is 30.5 Å². The zero-order chi connectivity index (χ0) is 25.5. The second-order valence-corrected chi connectivity index (χ2v) is 7.71. The number of carbonyl (C=O) groups is 1. The molecule has 0 saturated carbocycles. The molecule has 0 spiro atoms. The average Bonchev–Trinajstić information content (AvgIpc) is 2.89. The van der Waals surface area contributed by atoms with Gasteiger partial charge in [0.1, 0.15) is 11.3 Å². The molecule has 0 aliphatic rings. The van der Waals surface area contributed by atoms with Crippen molar-refractivity contribution in [2.45, 2.75) is 20.0 Å². The third-order valence-electron chi connectivity index (χ3n) is 5.29. The van der Waals surface area contributed by atoms with Gasteiger partial charge in [-0.25, -0.2) is 9.48 Å². The summed E-state index contributed by atoms with van der Waals surface area (Å²) in [6.45, 7) is 2.51. The van der Waals surface area contributed by atoms with Crippen molar-refractivity contribution in [2.24, 2.45) is 0 Å². The number of ether oxygens (including phenoxy) is 1. The highest BCUT2D eigenvalue weighted by Crippen LogP contribution is 2.19. The first-order chi connectivity index (χ1) is 17.5. The van der Waals surface area contributed by atoms with Gasteiger partial charge in [0.05, 0.1) is 31.1 Å². The molecular weight excluding hydrogens is 464 g/mol. The van der Waals surface area contributed by atoms with Gasteiger partial charge in [-0.3, -0.25) is 23.9 Å². The van der Waals surface area contributed by atoms with Gasteiger partial charge < -0.3 is 15.0 Å². The molecule has 1 amide bonds. The fourth-order valence-electron chi connectivity index (χ4n) is 3.49. The number of nitrogens with zero attached hydrogens (tertiary/aromatic N) is 4. The van der Waals surface area contributed by atoms with Gasteiger partial charge in [-0.2, -0.15) is 5.10 Å². The summed E-state index contributed by atoms with van der Waals surface area (Å²) in [6.07, 6.45) is 2.62. The van der Waals surface area contributed by atoms with Crippen LogP contribution in [0.4, 0.5) is 0 Å². The molecule has 36 heavy (non-hydrogen) atoms. The van der Waals surface area contributed by atoms with Crippen LogP contribution in [0.15, 0.2) is 81.4 Å². The SMILES string of the molecule is CCOc1ccc(-c2ccc(=O)n(CCNC(=O)c3c[nH]c(=O)n(Cc4ccccn4)c3=O)n2)cc1. The molecule has 0 saturated heterocycles. The number of aromatic amines is 1. The Morgan fingerprint density at radius 3 is 2.58 bits per heavy atom. The van der Waals surface area contributed by atoms with Crippen LogP contribution < -0.4 is 26.9 Å². The minimum atomic E-state index is -0.741. The molecule has 11 nitrogen and oxygen atoms in total. The van der Waals surface area contributed by atoms with Crippen LogP contribution in [0.2, 0.25) is 0 Å². The summed E-state index contributed by atoms with van der Waals surface area (Å²) in [4.78, 5) is 56.3. The third-order valence-corrected chi connectivity index (χ3v) is 5.29. The first-order valence-corrected chi connectivity index (χ1v) is 11.3. The summed E-state index contributed by atoms with van der Waals surface area (Å²) in [5, 5.41) is 6.97. The van der Waals surface area contributed by atoms with Gasteiger partial charge in [0.15, 0.2) is 0 Å². The summed E-state index contributed by atoms with van der Waals surface area (Å²) in [5.41, 5.74) is -0.0612. The van der Waals surface area contributed by atoms with Crippen LogP contribution in [-0.2, 0) is 13.1 Å². The molecule has 0 fully saturated rings. The Balaban J connectivity index is 1.44. The molecule has 3 heterocycles. The lowest BCUT2D eigenvalue weighted by atomic mass is 10.1. The first-order valence-electron chi connectivity index (χ1n) is 11.3. The number of aromatic nitrogens is 5. The van der Waals surface area contributed by atoms with E-state index in [2.05, 4.69) is 20.4 Å². The van der Waals surface area contributed by atoms with E-state index in [0.717, 1.165) is 22.1 Å². The Morgan fingerprint density at radius 1 is 1.06 bits per heavy atom. The van der Waals surface area contributed by atoms with E-state index in [1.165, 1.54) is 10.7 Å². The molecule has 0 atom stereocenters. The number of amides is 1. The molecule has 0 radical (unpaired) electrons. The Kier molecular flexibility index (Phi) is 7.49. The van der Waals surface area contributed by atoms with E-state index in [0.29, 0.717) is 18.0 Å². The summed E-state index contributed by atoms with van der Waals surface area (Å²) in [5.74, 6) is 0.0559. The number of hydrogen-bond donors (Lipinski definition) is 2. The lowest BCUT2D eigenvalue weighted by molar-refractivity contribution is 0.0949. The highest BCUT2D eigenvalue weighted by molar-refractivity contribution is 5.93. The molecule has 11 heteroatoms. The molecule has 3 aromatic heterocycles. The maximum absolute atomic E-state index is 12.8. The second-order valence-electron chi connectivity index (χ2n) is 7.71. The minimum absolute atomic E-state index is 0.0390. The van der Waals surface area contributed by atoms with Crippen molar-refractivity contribution in [3.8, 4) is 17.0 Å². The van der Waals surface area contributed by atoms with Crippen molar-refractivity contribution in [3.05, 3.63) is 109 Å². The molecule has 0 aliphatic carbocycles. The van der Waals surface area contributed by atoms with Crippen molar-refractivity contribution in [1.82, 2.24) is 29.6 Å². The molecule has 4 aromatic rings. The minimum Gasteiger partial charge on any atom is -0.494 e. The average molecular weight is 489 g/mol. The Labute approximate surface area is 205 Å². The van der Waals surface area contributed by atoms with Crippen LogP contribution in [0.25, 0.3) is 11.3 Å². The first kappa shape index (κ1) is 24.3. The zero-order valence-corrected chi connectivity index (χ0v) is 19.5. The van der Waals surface area contributed by atoms with Gasteiger partial charge in [0.25, 0.3) is 17.0 Å². The maximum atomic E-state index is 12.8. The standard InChI is InChI=1S/C25H24N6O5/c1-2-36-19-8-6-17(7-9-19)21-10-11-22(32)31(29-21)14-13-27-23(33)20-15-28-25(35)30(24(20)34)16-18-5-3-4-12-26-18/h3-12,15H,2,13-14,16H2,1H3,(H,27,33)(H,28,35). The number of pyridine rings is 1. The summed E-state index contributed by atoms with van der Waals surface area (Å²) in [6, 6.07) is 15.5. The number of hydrogen-bond acceptors (Lipinski definition) is 7. The molecule has 0 unspecified atom stereocenters. The molecule has 4 rings (SSSR count). The van der Waals surface area contributed by atoms with Gasteiger partial charge in [-0.1, -0.05) is 6.07 Å². The van der Waals surface area contributed by atoms with Gasteiger partial charge in [-0.05, 0) is 49.4 Å². The van der Waals surface area contributed by atoms with E-state index >= 15 is 0 Å². The quantitative estimate of drug-likeness (QED) is 0.358. The fourth-order valence-corrected chi connectivity index (χ4v) is 3.49. The smallest absolute Gasteiger partial charge is 0.328 e. The van der Waals surface area contributed by atoms with Crippen LogP contribution in [0, 0.1) is 0 Å². The van der Waals surface area contributed by atoms with Gasteiger partial charge >= 0.3 is 5.69 Å².